The van der Waals surface area contributed by atoms with Crippen LogP contribution >= 0.6 is 8.58 Å². The van der Waals surface area contributed by atoms with Crippen molar-refractivity contribution in [2.45, 2.75) is 33.6 Å². The molecule has 1 unspecified atom stereocenters. The Kier molecular flexibility index (Phi) is 6.86. The molecule has 0 bridgehead atoms. The smallest absolute Gasteiger partial charge is 0.0330 e. The highest BCUT2D eigenvalue weighted by atomic mass is 31.1. The van der Waals surface area contributed by atoms with Gasteiger partial charge < -0.3 is 0 Å². The van der Waals surface area contributed by atoms with Gasteiger partial charge in [0.2, 0.25) is 0 Å². The van der Waals surface area contributed by atoms with E-state index in [4.69, 9.17) is 0 Å². The van der Waals surface area contributed by atoms with Gasteiger partial charge in [0.1, 0.15) is 0 Å². The SMILES string of the molecule is CCCCPCC(C)C. The van der Waals surface area contributed by atoms with Crippen molar-refractivity contribution in [3.8, 4) is 0 Å². The minimum atomic E-state index is 0.917. The first-order valence-corrected chi connectivity index (χ1v) is 5.39. The molecule has 0 aliphatic rings. The third-order valence-corrected chi connectivity index (χ3v) is 3.07. The average Bonchev–Trinajstić information content (AvgIpc) is 1.80. The van der Waals surface area contributed by atoms with Gasteiger partial charge >= 0.3 is 0 Å². The monoisotopic (exact) mass is 146 g/mol. The molecule has 0 aromatic carbocycles. The van der Waals surface area contributed by atoms with E-state index in [1.807, 2.05) is 0 Å². The van der Waals surface area contributed by atoms with Crippen molar-refractivity contribution in [3.63, 3.8) is 0 Å². The van der Waals surface area contributed by atoms with E-state index in [2.05, 4.69) is 20.8 Å². The van der Waals surface area contributed by atoms with Crippen molar-refractivity contribution in [2.75, 3.05) is 12.3 Å². The van der Waals surface area contributed by atoms with Crippen molar-refractivity contribution in [3.05, 3.63) is 0 Å². The highest BCUT2D eigenvalue weighted by Gasteiger charge is 1.91. The lowest BCUT2D eigenvalue weighted by molar-refractivity contribution is 0.745. The summed E-state index contributed by atoms with van der Waals surface area (Å²) in [6.07, 6.45) is 5.71. The molecule has 9 heavy (non-hydrogen) atoms. The summed E-state index contributed by atoms with van der Waals surface area (Å²) in [5, 5.41) is 0. The van der Waals surface area contributed by atoms with E-state index in [1.165, 1.54) is 33.7 Å². The van der Waals surface area contributed by atoms with Crippen LogP contribution in [0.3, 0.4) is 0 Å². The molecule has 0 saturated heterocycles. The van der Waals surface area contributed by atoms with Crippen molar-refractivity contribution in [1.29, 1.82) is 0 Å². The molecule has 1 atom stereocenters. The van der Waals surface area contributed by atoms with E-state index in [-0.39, 0.29) is 0 Å². The first-order valence-electron chi connectivity index (χ1n) is 3.98. The molecule has 1 heteroatoms. The van der Waals surface area contributed by atoms with Crippen LogP contribution in [0.15, 0.2) is 0 Å². The molecular formula is C8H19P. The van der Waals surface area contributed by atoms with Crippen LogP contribution < -0.4 is 0 Å². The summed E-state index contributed by atoms with van der Waals surface area (Å²) in [7, 11) is 1.22. The normalized spacial score (nSPS) is 12.0. The quantitative estimate of drug-likeness (QED) is 0.413. The summed E-state index contributed by atoms with van der Waals surface area (Å²) in [5.41, 5.74) is 0. The van der Waals surface area contributed by atoms with E-state index in [1.54, 1.807) is 0 Å². The van der Waals surface area contributed by atoms with Gasteiger partial charge in [-0.15, -0.1) is 8.58 Å². The summed E-state index contributed by atoms with van der Waals surface area (Å²) in [5.74, 6) is 0.917. The van der Waals surface area contributed by atoms with Crippen LogP contribution in [0.5, 0.6) is 0 Å². The maximum atomic E-state index is 2.30. The Morgan fingerprint density at radius 2 is 2.00 bits per heavy atom. The van der Waals surface area contributed by atoms with Gasteiger partial charge in [-0.25, -0.2) is 0 Å². The number of hydrogen-bond donors (Lipinski definition) is 0. The Labute approximate surface area is 61.2 Å². The van der Waals surface area contributed by atoms with Crippen molar-refractivity contribution in [2.24, 2.45) is 5.92 Å². The first-order chi connectivity index (χ1) is 4.27. The zero-order chi connectivity index (χ0) is 7.11. The molecule has 0 nitrogen and oxygen atoms in total. The maximum Gasteiger partial charge on any atom is -0.0330 e. The van der Waals surface area contributed by atoms with Gasteiger partial charge in [0.15, 0.2) is 0 Å². The van der Waals surface area contributed by atoms with Crippen LogP contribution in [0, 0.1) is 5.92 Å². The van der Waals surface area contributed by atoms with Crippen LogP contribution in [0.2, 0.25) is 0 Å². The minimum Gasteiger partial charge on any atom is -0.122 e. The van der Waals surface area contributed by atoms with Gasteiger partial charge in [0.05, 0.1) is 0 Å². The van der Waals surface area contributed by atoms with Gasteiger partial charge in [-0.1, -0.05) is 27.2 Å². The molecule has 0 aromatic rings. The number of rotatable bonds is 5. The second-order valence-corrected chi connectivity index (χ2v) is 4.36. The van der Waals surface area contributed by atoms with Crippen LogP contribution in [-0.4, -0.2) is 12.3 Å². The lowest BCUT2D eigenvalue weighted by Crippen LogP contribution is -1.89. The molecule has 0 fully saturated rings. The predicted molar refractivity (Wildman–Crippen MR) is 47.8 cm³/mol. The molecular weight excluding hydrogens is 127 g/mol. The third-order valence-electron chi connectivity index (χ3n) is 1.26. The van der Waals surface area contributed by atoms with Crippen LogP contribution in [0.1, 0.15) is 33.6 Å². The highest BCUT2D eigenvalue weighted by molar-refractivity contribution is 7.37. The zero-order valence-electron chi connectivity index (χ0n) is 6.91. The molecule has 0 saturated carbocycles. The molecule has 0 aliphatic carbocycles. The second kappa shape index (κ2) is 6.55. The zero-order valence-corrected chi connectivity index (χ0v) is 7.91. The van der Waals surface area contributed by atoms with Crippen LogP contribution in [-0.2, 0) is 0 Å². The lowest BCUT2D eigenvalue weighted by atomic mass is 10.3. The molecule has 0 aliphatic heterocycles. The molecule has 0 aromatic heterocycles. The lowest BCUT2D eigenvalue weighted by Gasteiger charge is -2.02. The molecule has 0 N–H and O–H groups in total. The van der Waals surface area contributed by atoms with Crippen LogP contribution in [0.4, 0.5) is 0 Å². The molecule has 0 heterocycles. The number of hydrogen-bond acceptors (Lipinski definition) is 0. The van der Waals surface area contributed by atoms with Crippen molar-refractivity contribution in [1.82, 2.24) is 0 Å². The Hall–Kier alpha value is 0.430. The molecule has 0 rings (SSSR count). The van der Waals surface area contributed by atoms with E-state index in [0.29, 0.717) is 0 Å². The topological polar surface area (TPSA) is 0 Å². The standard InChI is InChI=1S/C8H19P/c1-4-5-6-9-7-8(2)3/h8-9H,4-7H2,1-3H3. The van der Waals surface area contributed by atoms with Gasteiger partial charge in [0.25, 0.3) is 0 Å². The van der Waals surface area contributed by atoms with Gasteiger partial charge in [-0.05, 0) is 24.7 Å². The van der Waals surface area contributed by atoms with Gasteiger partial charge in [-0.3, -0.25) is 0 Å². The second-order valence-electron chi connectivity index (χ2n) is 2.95. The molecule has 0 amide bonds. The van der Waals surface area contributed by atoms with E-state index >= 15 is 0 Å². The van der Waals surface area contributed by atoms with Crippen molar-refractivity contribution >= 4 is 8.58 Å². The Morgan fingerprint density at radius 3 is 2.44 bits per heavy atom. The summed E-state index contributed by atoms with van der Waals surface area (Å²) >= 11 is 0. The van der Waals surface area contributed by atoms with E-state index in [0.717, 1.165) is 5.92 Å². The Balaban J connectivity index is 2.75. The number of unbranched alkanes of at least 4 members (excludes halogenated alkanes) is 1. The molecule has 0 radical (unpaired) electrons. The predicted octanol–water partition coefficient (Wildman–Crippen LogP) is 3.12. The van der Waals surface area contributed by atoms with Gasteiger partial charge in [0, 0.05) is 0 Å². The van der Waals surface area contributed by atoms with Crippen LogP contribution in [0.25, 0.3) is 0 Å². The highest BCUT2D eigenvalue weighted by Crippen LogP contribution is 2.16. The summed E-state index contributed by atoms with van der Waals surface area (Å²) < 4.78 is 0. The minimum absolute atomic E-state index is 0.917. The molecule has 56 valence electrons. The fraction of sp³-hybridized carbons (Fsp3) is 1.00. The first kappa shape index (κ1) is 9.43. The third kappa shape index (κ3) is 8.43. The fourth-order valence-electron chi connectivity index (χ4n) is 0.693. The fourth-order valence-corrected chi connectivity index (χ4v) is 2.08. The Morgan fingerprint density at radius 1 is 1.33 bits per heavy atom. The summed E-state index contributed by atoms with van der Waals surface area (Å²) in [6.45, 7) is 6.87. The van der Waals surface area contributed by atoms with E-state index < -0.39 is 0 Å². The average molecular weight is 146 g/mol. The summed E-state index contributed by atoms with van der Waals surface area (Å²) in [4.78, 5) is 0. The Bertz CT molecular complexity index is 50.5. The van der Waals surface area contributed by atoms with Crippen molar-refractivity contribution < 1.29 is 0 Å². The van der Waals surface area contributed by atoms with Gasteiger partial charge in [-0.2, -0.15) is 0 Å². The molecule has 0 spiro atoms. The maximum absolute atomic E-state index is 2.30. The van der Waals surface area contributed by atoms with E-state index in [9.17, 15) is 0 Å². The summed E-state index contributed by atoms with van der Waals surface area (Å²) in [6, 6.07) is 0. The largest absolute Gasteiger partial charge is 0.122 e.